The number of pyridine rings is 1. The van der Waals surface area contributed by atoms with E-state index in [1.165, 1.54) is 0 Å². The van der Waals surface area contributed by atoms with E-state index in [1.807, 2.05) is 19.9 Å². The summed E-state index contributed by atoms with van der Waals surface area (Å²) in [6.45, 7) is 3.85. The third-order valence-corrected chi connectivity index (χ3v) is 3.36. The molecule has 0 aliphatic carbocycles. The Morgan fingerprint density at radius 1 is 1.38 bits per heavy atom. The van der Waals surface area contributed by atoms with Crippen molar-refractivity contribution in [2.75, 3.05) is 0 Å². The number of ether oxygens (including phenoxy) is 1. The van der Waals surface area contributed by atoms with Crippen molar-refractivity contribution in [2.24, 2.45) is 10.9 Å². The minimum absolute atomic E-state index is 0.0535. The predicted molar refractivity (Wildman–Crippen MR) is 82.4 cm³/mol. The molecule has 0 fully saturated rings. The van der Waals surface area contributed by atoms with E-state index >= 15 is 0 Å². The summed E-state index contributed by atoms with van der Waals surface area (Å²) in [4.78, 5) is 4.29. The van der Waals surface area contributed by atoms with E-state index in [4.69, 9.17) is 27.3 Å². The van der Waals surface area contributed by atoms with Gasteiger partial charge in [-0.15, -0.1) is 0 Å². The van der Waals surface area contributed by atoms with Gasteiger partial charge in [-0.05, 0) is 49.2 Å². The second-order valence-electron chi connectivity index (χ2n) is 4.50. The van der Waals surface area contributed by atoms with E-state index < -0.39 is 0 Å². The van der Waals surface area contributed by atoms with Crippen LogP contribution in [0.4, 0.5) is 0 Å². The van der Waals surface area contributed by atoms with Gasteiger partial charge in [0.1, 0.15) is 5.75 Å². The average molecular weight is 306 g/mol. The summed E-state index contributed by atoms with van der Waals surface area (Å²) in [7, 11) is 0. The fraction of sp³-hybridized carbons (Fsp3) is 0.200. The number of benzene rings is 1. The molecule has 6 heteroatoms. The van der Waals surface area contributed by atoms with Crippen molar-refractivity contribution in [3.8, 4) is 11.6 Å². The van der Waals surface area contributed by atoms with Gasteiger partial charge in [-0.3, -0.25) is 0 Å². The Balaban J connectivity index is 2.41. The van der Waals surface area contributed by atoms with E-state index in [1.54, 1.807) is 24.3 Å². The topological polar surface area (TPSA) is 80.7 Å². The van der Waals surface area contributed by atoms with Crippen molar-refractivity contribution in [3.05, 3.63) is 52.2 Å². The highest BCUT2D eigenvalue weighted by Crippen LogP contribution is 2.28. The highest BCUT2D eigenvalue weighted by atomic mass is 35.5. The summed E-state index contributed by atoms with van der Waals surface area (Å²) in [5, 5.41) is 12.5. The van der Waals surface area contributed by atoms with Crippen LogP contribution in [0.5, 0.6) is 11.6 Å². The maximum atomic E-state index is 8.83. The number of hydrogen-bond donors (Lipinski definition) is 2. The smallest absolute Gasteiger partial charge is 0.230 e. The van der Waals surface area contributed by atoms with Crippen LogP contribution in [0.2, 0.25) is 5.02 Å². The molecule has 21 heavy (non-hydrogen) atoms. The van der Waals surface area contributed by atoms with Crippen LogP contribution >= 0.6 is 11.6 Å². The second-order valence-corrected chi connectivity index (χ2v) is 4.91. The van der Waals surface area contributed by atoms with Crippen LogP contribution in [-0.2, 0) is 6.42 Å². The van der Waals surface area contributed by atoms with Gasteiger partial charge in [0, 0.05) is 10.7 Å². The molecular formula is C15H16ClN3O2. The number of oxime groups is 1. The molecule has 0 bridgehead atoms. The first kappa shape index (κ1) is 15.1. The lowest BCUT2D eigenvalue weighted by molar-refractivity contribution is 0.318. The largest absolute Gasteiger partial charge is 0.438 e. The van der Waals surface area contributed by atoms with Crippen LogP contribution in [0.15, 0.2) is 35.5 Å². The van der Waals surface area contributed by atoms with Crippen molar-refractivity contribution >= 4 is 17.4 Å². The van der Waals surface area contributed by atoms with Crippen LogP contribution in [-0.4, -0.2) is 16.0 Å². The Kier molecular flexibility index (Phi) is 4.65. The van der Waals surface area contributed by atoms with Gasteiger partial charge in [-0.2, -0.15) is 0 Å². The first-order valence-corrected chi connectivity index (χ1v) is 6.84. The maximum Gasteiger partial charge on any atom is 0.230 e. The van der Waals surface area contributed by atoms with Gasteiger partial charge in [0.15, 0.2) is 5.84 Å². The molecule has 0 saturated heterocycles. The molecule has 0 aliphatic heterocycles. The summed E-state index contributed by atoms with van der Waals surface area (Å²) in [6, 6.07) is 8.83. The zero-order valence-electron chi connectivity index (χ0n) is 11.8. The number of aryl methyl sites for hydroxylation is 2. The second kappa shape index (κ2) is 6.45. The molecule has 0 saturated carbocycles. The molecule has 5 nitrogen and oxygen atoms in total. The van der Waals surface area contributed by atoms with Gasteiger partial charge in [0.25, 0.3) is 0 Å². The zero-order valence-corrected chi connectivity index (χ0v) is 12.6. The van der Waals surface area contributed by atoms with Crippen molar-refractivity contribution < 1.29 is 9.94 Å². The Morgan fingerprint density at radius 3 is 2.81 bits per heavy atom. The molecule has 0 amide bonds. The Hall–Kier alpha value is -2.27. The number of nitrogens with zero attached hydrogens (tertiary/aromatic N) is 2. The summed E-state index contributed by atoms with van der Waals surface area (Å²) >= 11 is 6.09. The molecule has 0 atom stereocenters. The van der Waals surface area contributed by atoms with Gasteiger partial charge in [-0.1, -0.05) is 23.7 Å². The fourth-order valence-corrected chi connectivity index (χ4v) is 2.11. The highest BCUT2D eigenvalue weighted by Gasteiger charge is 2.12. The summed E-state index contributed by atoms with van der Waals surface area (Å²) < 4.78 is 5.77. The highest BCUT2D eigenvalue weighted by molar-refractivity contribution is 6.31. The SMILES string of the molecule is CCc1cc(Oc2nc(C)ccc2C(N)=NO)ccc1Cl. The molecular weight excluding hydrogens is 290 g/mol. The van der Waals surface area contributed by atoms with Crippen LogP contribution in [0.3, 0.4) is 0 Å². The number of aromatic nitrogens is 1. The van der Waals surface area contributed by atoms with Gasteiger partial charge in [0.05, 0.1) is 5.56 Å². The molecule has 0 unspecified atom stereocenters. The normalized spacial score (nSPS) is 11.5. The van der Waals surface area contributed by atoms with Crippen LogP contribution in [0.1, 0.15) is 23.7 Å². The minimum atomic E-state index is -0.0535. The van der Waals surface area contributed by atoms with Crippen molar-refractivity contribution in [3.63, 3.8) is 0 Å². The average Bonchev–Trinajstić information content (AvgIpc) is 2.48. The first-order chi connectivity index (χ1) is 10.0. The minimum Gasteiger partial charge on any atom is -0.438 e. The number of hydrogen-bond acceptors (Lipinski definition) is 4. The van der Waals surface area contributed by atoms with Crippen molar-refractivity contribution in [2.45, 2.75) is 20.3 Å². The molecule has 0 radical (unpaired) electrons. The van der Waals surface area contributed by atoms with E-state index in [2.05, 4.69) is 10.1 Å². The van der Waals surface area contributed by atoms with Crippen molar-refractivity contribution in [1.82, 2.24) is 4.98 Å². The third-order valence-electron chi connectivity index (χ3n) is 3.00. The summed E-state index contributed by atoms with van der Waals surface area (Å²) in [6.07, 6.45) is 0.796. The van der Waals surface area contributed by atoms with Crippen LogP contribution < -0.4 is 10.5 Å². The van der Waals surface area contributed by atoms with Crippen molar-refractivity contribution in [1.29, 1.82) is 0 Å². The molecule has 0 spiro atoms. The number of halogens is 1. The predicted octanol–water partition coefficient (Wildman–Crippen LogP) is 3.49. The van der Waals surface area contributed by atoms with Gasteiger partial charge >= 0.3 is 0 Å². The number of nitrogens with two attached hydrogens (primary N) is 1. The molecule has 110 valence electrons. The lowest BCUT2D eigenvalue weighted by Crippen LogP contribution is -2.15. The molecule has 2 aromatic rings. The Morgan fingerprint density at radius 2 is 2.14 bits per heavy atom. The van der Waals surface area contributed by atoms with E-state index in [9.17, 15) is 0 Å². The Labute approximate surface area is 128 Å². The van der Waals surface area contributed by atoms with Crippen LogP contribution in [0, 0.1) is 6.92 Å². The molecule has 1 aromatic carbocycles. The standard InChI is InChI=1S/C15H16ClN3O2/c1-3-10-8-11(5-7-13(10)16)21-15-12(14(17)19-20)6-4-9(2)18-15/h4-8,20H,3H2,1-2H3,(H2,17,19). The molecule has 1 heterocycles. The Bertz CT molecular complexity index is 687. The van der Waals surface area contributed by atoms with Gasteiger partial charge in [0.2, 0.25) is 5.88 Å². The zero-order chi connectivity index (χ0) is 15.4. The van der Waals surface area contributed by atoms with E-state index in [0.717, 1.165) is 17.7 Å². The third kappa shape index (κ3) is 3.44. The molecule has 3 N–H and O–H groups in total. The molecule has 0 aliphatic rings. The fourth-order valence-electron chi connectivity index (χ4n) is 1.86. The number of amidine groups is 1. The molecule has 2 rings (SSSR count). The number of rotatable bonds is 4. The first-order valence-electron chi connectivity index (χ1n) is 6.47. The van der Waals surface area contributed by atoms with Gasteiger partial charge in [-0.25, -0.2) is 4.98 Å². The van der Waals surface area contributed by atoms with E-state index in [0.29, 0.717) is 16.3 Å². The summed E-state index contributed by atoms with van der Waals surface area (Å²) in [5.41, 5.74) is 7.81. The van der Waals surface area contributed by atoms with Gasteiger partial charge < -0.3 is 15.7 Å². The lowest BCUT2D eigenvalue weighted by atomic mass is 10.1. The van der Waals surface area contributed by atoms with Crippen LogP contribution in [0.25, 0.3) is 0 Å². The summed E-state index contributed by atoms with van der Waals surface area (Å²) in [5.74, 6) is 0.832. The molecule has 1 aromatic heterocycles. The quantitative estimate of drug-likeness (QED) is 0.392. The lowest BCUT2D eigenvalue weighted by Gasteiger charge is -2.11. The monoisotopic (exact) mass is 305 g/mol. The van der Waals surface area contributed by atoms with E-state index in [-0.39, 0.29) is 11.7 Å². The maximum absolute atomic E-state index is 8.83.